The lowest BCUT2D eigenvalue weighted by Crippen LogP contribution is -2.10. The predicted octanol–water partition coefficient (Wildman–Crippen LogP) is 5.80. The molecule has 0 radical (unpaired) electrons. The van der Waals surface area contributed by atoms with Crippen LogP contribution in [0.2, 0.25) is 0 Å². The highest BCUT2D eigenvalue weighted by atomic mass is 79.9. The van der Waals surface area contributed by atoms with E-state index in [0.29, 0.717) is 4.88 Å². The molecule has 0 fully saturated rings. The average Bonchev–Trinajstić information content (AvgIpc) is 3.10. The van der Waals surface area contributed by atoms with Crippen LogP contribution in [0.1, 0.15) is 15.2 Å². The first-order valence-electron chi connectivity index (χ1n) is 6.35. The van der Waals surface area contributed by atoms with Crippen molar-refractivity contribution in [2.75, 3.05) is 5.32 Å². The second-order valence-corrected chi connectivity index (χ2v) is 7.86. The summed E-state index contributed by atoms with van der Waals surface area (Å²) in [5.41, 5.74) is 2.97. The van der Waals surface area contributed by atoms with Crippen molar-refractivity contribution < 1.29 is 4.79 Å². The van der Waals surface area contributed by atoms with E-state index < -0.39 is 0 Å². The van der Waals surface area contributed by atoms with E-state index in [1.807, 2.05) is 48.7 Å². The van der Waals surface area contributed by atoms with Gasteiger partial charge in [0.25, 0.3) is 5.91 Å². The Morgan fingerprint density at radius 1 is 1.19 bits per heavy atom. The Balaban J connectivity index is 1.90. The van der Waals surface area contributed by atoms with Gasteiger partial charge in [0.2, 0.25) is 0 Å². The fourth-order valence-corrected chi connectivity index (χ4v) is 4.19. The number of aryl methyl sites for hydroxylation is 1. The fourth-order valence-electron chi connectivity index (χ4n) is 1.99. The van der Waals surface area contributed by atoms with E-state index in [2.05, 4.69) is 27.3 Å². The van der Waals surface area contributed by atoms with Crippen molar-refractivity contribution in [2.24, 2.45) is 0 Å². The quantitative estimate of drug-likeness (QED) is 0.613. The summed E-state index contributed by atoms with van der Waals surface area (Å²) in [6, 6.07) is 13.8. The van der Waals surface area contributed by atoms with Crippen molar-refractivity contribution in [3.8, 4) is 10.4 Å². The van der Waals surface area contributed by atoms with Crippen LogP contribution in [0.5, 0.6) is 0 Å². The number of halogens is 1. The molecular weight excluding hydrogens is 366 g/mol. The number of carbonyl (C=O) groups is 1. The molecule has 1 N–H and O–H groups in total. The SMILES string of the molecule is Cc1cc(C(=O)Nc2ccccc2-c2cccs2)sc1Br. The Kier molecular flexibility index (Phi) is 4.24. The molecule has 3 aromatic rings. The minimum atomic E-state index is -0.0715. The molecule has 2 nitrogen and oxygen atoms in total. The second-order valence-electron chi connectivity index (χ2n) is 4.54. The molecule has 106 valence electrons. The van der Waals surface area contributed by atoms with Crippen LogP contribution in [0.15, 0.2) is 51.6 Å². The highest BCUT2D eigenvalue weighted by Crippen LogP contribution is 2.33. The van der Waals surface area contributed by atoms with E-state index in [4.69, 9.17) is 0 Å². The van der Waals surface area contributed by atoms with E-state index in [1.54, 1.807) is 11.3 Å². The maximum atomic E-state index is 12.4. The third-order valence-electron chi connectivity index (χ3n) is 3.04. The fraction of sp³-hybridized carbons (Fsp3) is 0.0625. The summed E-state index contributed by atoms with van der Waals surface area (Å²) in [6.07, 6.45) is 0. The van der Waals surface area contributed by atoms with Crippen LogP contribution in [-0.4, -0.2) is 5.91 Å². The zero-order valence-electron chi connectivity index (χ0n) is 11.2. The van der Waals surface area contributed by atoms with Gasteiger partial charge in [0.15, 0.2) is 0 Å². The molecule has 0 saturated heterocycles. The topological polar surface area (TPSA) is 29.1 Å². The van der Waals surface area contributed by atoms with Crippen molar-refractivity contribution in [2.45, 2.75) is 6.92 Å². The van der Waals surface area contributed by atoms with Gasteiger partial charge in [0, 0.05) is 16.1 Å². The van der Waals surface area contributed by atoms with Crippen LogP contribution >= 0.6 is 38.6 Å². The largest absolute Gasteiger partial charge is 0.321 e. The normalized spacial score (nSPS) is 10.6. The third kappa shape index (κ3) is 3.10. The molecule has 1 aromatic carbocycles. The average molecular weight is 378 g/mol. The Hall–Kier alpha value is -1.43. The van der Waals surface area contributed by atoms with Gasteiger partial charge >= 0.3 is 0 Å². The van der Waals surface area contributed by atoms with Gasteiger partial charge < -0.3 is 5.32 Å². The molecule has 3 rings (SSSR count). The molecule has 1 amide bonds. The lowest BCUT2D eigenvalue weighted by Gasteiger charge is -2.09. The number of amides is 1. The number of hydrogen-bond acceptors (Lipinski definition) is 3. The van der Waals surface area contributed by atoms with Crippen molar-refractivity contribution >= 4 is 50.2 Å². The van der Waals surface area contributed by atoms with E-state index in [9.17, 15) is 4.79 Å². The number of benzene rings is 1. The molecule has 2 aromatic heterocycles. The summed E-state index contributed by atoms with van der Waals surface area (Å²) < 4.78 is 0.999. The smallest absolute Gasteiger partial charge is 0.265 e. The van der Waals surface area contributed by atoms with Crippen LogP contribution < -0.4 is 5.32 Å². The number of nitrogens with one attached hydrogen (secondary N) is 1. The zero-order chi connectivity index (χ0) is 14.8. The van der Waals surface area contributed by atoms with Crippen molar-refractivity contribution in [3.05, 3.63) is 62.1 Å². The maximum Gasteiger partial charge on any atom is 0.265 e. The van der Waals surface area contributed by atoms with Crippen LogP contribution in [0.25, 0.3) is 10.4 Å². The Morgan fingerprint density at radius 2 is 2.00 bits per heavy atom. The minimum absolute atomic E-state index is 0.0715. The molecule has 0 unspecified atom stereocenters. The summed E-state index contributed by atoms with van der Waals surface area (Å²) in [7, 11) is 0. The molecule has 21 heavy (non-hydrogen) atoms. The lowest BCUT2D eigenvalue weighted by atomic mass is 10.1. The van der Waals surface area contributed by atoms with Gasteiger partial charge in [-0.15, -0.1) is 22.7 Å². The summed E-state index contributed by atoms with van der Waals surface area (Å²) in [4.78, 5) is 14.2. The Morgan fingerprint density at radius 3 is 2.67 bits per heavy atom. The molecular formula is C16H12BrNOS2. The molecule has 0 bridgehead atoms. The summed E-state index contributed by atoms with van der Waals surface area (Å²) in [5.74, 6) is -0.0715. The minimum Gasteiger partial charge on any atom is -0.321 e. The van der Waals surface area contributed by atoms with E-state index >= 15 is 0 Å². The third-order valence-corrected chi connectivity index (χ3v) is 6.08. The molecule has 0 aliphatic rings. The molecule has 0 spiro atoms. The first-order chi connectivity index (χ1) is 10.1. The highest BCUT2D eigenvalue weighted by Gasteiger charge is 2.13. The van der Waals surface area contributed by atoms with E-state index in [0.717, 1.165) is 25.5 Å². The van der Waals surface area contributed by atoms with Crippen LogP contribution in [0.3, 0.4) is 0 Å². The van der Waals surface area contributed by atoms with E-state index in [1.165, 1.54) is 11.3 Å². The number of hydrogen-bond donors (Lipinski definition) is 1. The van der Waals surface area contributed by atoms with Gasteiger partial charge in [0.1, 0.15) is 0 Å². The summed E-state index contributed by atoms with van der Waals surface area (Å²) in [6.45, 7) is 1.98. The Labute approximate surface area is 139 Å². The molecule has 0 aliphatic carbocycles. The lowest BCUT2D eigenvalue weighted by molar-refractivity contribution is 0.103. The van der Waals surface area contributed by atoms with Crippen molar-refractivity contribution in [1.82, 2.24) is 0 Å². The summed E-state index contributed by atoms with van der Waals surface area (Å²) >= 11 is 6.57. The van der Waals surface area contributed by atoms with Gasteiger partial charge in [-0.25, -0.2) is 0 Å². The first kappa shape index (κ1) is 14.5. The summed E-state index contributed by atoms with van der Waals surface area (Å²) in [5, 5.41) is 5.05. The van der Waals surface area contributed by atoms with Crippen molar-refractivity contribution in [1.29, 1.82) is 0 Å². The van der Waals surface area contributed by atoms with Crippen LogP contribution in [0.4, 0.5) is 5.69 Å². The zero-order valence-corrected chi connectivity index (χ0v) is 14.4. The molecule has 0 atom stereocenters. The number of anilines is 1. The number of thiophene rings is 2. The number of rotatable bonds is 3. The maximum absolute atomic E-state index is 12.4. The monoisotopic (exact) mass is 377 g/mol. The van der Waals surface area contributed by atoms with E-state index in [-0.39, 0.29) is 5.91 Å². The predicted molar refractivity (Wildman–Crippen MR) is 94.5 cm³/mol. The van der Waals surface area contributed by atoms with Crippen molar-refractivity contribution in [3.63, 3.8) is 0 Å². The Bertz CT molecular complexity index is 758. The molecule has 0 saturated carbocycles. The van der Waals surface area contributed by atoms with Gasteiger partial charge in [-0.3, -0.25) is 4.79 Å². The van der Waals surface area contributed by atoms with Gasteiger partial charge in [-0.05, 0) is 52.0 Å². The standard InChI is InChI=1S/C16H12BrNOS2/c1-10-9-14(21-15(10)17)16(19)18-12-6-3-2-5-11(12)13-7-4-8-20-13/h2-9H,1H3,(H,18,19). The first-order valence-corrected chi connectivity index (χ1v) is 8.84. The van der Waals surface area contributed by atoms with Gasteiger partial charge in [-0.1, -0.05) is 24.3 Å². The van der Waals surface area contributed by atoms with Crippen LogP contribution in [-0.2, 0) is 0 Å². The van der Waals surface area contributed by atoms with Gasteiger partial charge in [0.05, 0.1) is 8.66 Å². The molecule has 0 aliphatic heterocycles. The van der Waals surface area contributed by atoms with Crippen LogP contribution in [0, 0.1) is 6.92 Å². The number of para-hydroxylation sites is 1. The highest BCUT2D eigenvalue weighted by molar-refractivity contribution is 9.11. The molecule has 5 heteroatoms. The molecule has 2 heterocycles. The van der Waals surface area contributed by atoms with Gasteiger partial charge in [-0.2, -0.15) is 0 Å². The number of carbonyl (C=O) groups excluding carboxylic acids is 1. The second kappa shape index (κ2) is 6.13.